The Bertz CT molecular complexity index is 1310. The molecule has 8 nitrogen and oxygen atoms in total. The molecule has 12 heteroatoms. The zero-order valence-electron chi connectivity index (χ0n) is 21.7. The number of likely N-dealkylation sites (tertiary alicyclic amines) is 1. The molecule has 0 aliphatic carbocycles. The number of hydrogen-bond donors (Lipinski definition) is 1. The predicted molar refractivity (Wildman–Crippen MR) is 134 cm³/mol. The van der Waals surface area contributed by atoms with E-state index in [2.05, 4.69) is 15.2 Å². The van der Waals surface area contributed by atoms with Crippen LogP contribution in [0.3, 0.4) is 0 Å². The van der Waals surface area contributed by atoms with Gasteiger partial charge in [-0.1, -0.05) is 11.3 Å². The molecule has 3 atom stereocenters. The van der Waals surface area contributed by atoms with E-state index in [0.29, 0.717) is 72.2 Å². The summed E-state index contributed by atoms with van der Waals surface area (Å²) in [6.07, 6.45) is -2.68. The largest absolute Gasteiger partial charge is 0.497 e. The molecule has 1 N–H and O–H groups in total. The molecule has 2 aliphatic heterocycles. The van der Waals surface area contributed by atoms with Gasteiger partial charge in [0.05, 0.1) is 38.7 Å². The number of methoxy groups -OCH3 is 2. The Balaban J connectivity index is 1.54. The Labute approximate surface area is 222 Å². The van der Waals surface area contributed by atoms with E-state index in [0.717, 1.165) is 11.3 Å². The molecular formula is C26H31F3N4O4S. The molecule has 5 rings (SSSR count). The summed E-state index contributed by atoms with van der Waals surface area (Å²) in [5.74, 6) is 1.37. The zero-order valence-corrected chi connectivity index (χ0v) is 22.5. The number of thiophene rings is 1. The van der Waals surface area contributed by atoms with Crippen LogP contribution in [0, 0.1) is 0 Å². The molecule has 2 aliphatic rings. The fourth-order valence-electron chi connectivity index (χ4n) is 5.72. The molecule has 2 unspecified atom stereocenters. The number of piperidine rings is 1. The van der Waals surface area contributed by atoms with Crippen molar-refractivity contribution in [3.05, 3.63) is 56.5 Å². The first kappa shape index (κ1) is 26.9. The van der Waals surface area contributed by atoms with Crippen molar-refractivity contribution in [1.82, 2.24) is 19.9 Å². The minimum absolute atomic E-state index is 0.0124. The molecule has 0 bridgehead atoms. The van der Waals surface area contributed by atoms with Crippen LogP contribution in [0.1, 0.15) is 64.0 Å². The molecule has 1 spiro atoms. The van der Waals surface area contributed by atoms with Crippen LogP contribution in [0.15, 0.2) is 24.4 Å². The number of fused-ring (bicyclic) bond motifs is 2. The second-order valence-electron chi connectivity index (χ2n) is 9.85. The van der Waals surface area contributed by atoms with E-state index in [-0.39, 0.29) is 11.6 Å². The lowest BCUT2D eigenvalue weighted by atomic mass is 9.79. The lowest BCUT2D eigenvalue weighted by Gasteiger charge is -2.47. The number of halogens is 3. The SMILES string of the molecule is COc1ccc(CN2CC[C@@]3(CC2c2cn(C)nn2)OCCc2c3sc(C(F)(F)F)c2C(C)O)c(OC)c1. The fourth-order valence-corrected chi connectivity index (χ4v) is 7.21. The van der Waals surface area contributed by atoms with E-state index in [9.17, 15) is 18.3 Å². The summed E-state index contributed by atoms with van der Waals surface area (Å²) in [7, 11) is 4.99. The van der Waals surface area contributed by atoms with Crippen molar-refractivity contribution in [3.63, 3.8) is 0 Å². The van der Waals surface area contributed by atoms with E-state index >= 15 is 0 Å². The van der Waals surface area contributed by atoms with E-state index in [1.165, 1.54) is 6.92 Å². The molecule has 38 heavy (non-hydrogen) atoms. The summed E-state index contributed by atoms with van der Waals surface area (Å²) in [4.78, 5) is 2.08. The Morgan fingerprint density at radius 1 is 1.29 bits per heavy atom. The summed E-state index contributed by atoms with van der Waals surface area (Å²) in [5, 5.41) is 18.8. The third kappa shape index (κ3) is 4.78. The first-order valence-corrected chi connectivity index (χ1v) is 13.2. The number of aliphatic hydroxyl groups is 1. The van der Waals surface area contributed by atoms with Crippen molar-refractivity contribution < 1.29 is 32.5 Å². The standard InChI is InChI=1S/C26H31F3N4O4S/c1-15(34)22-18-7-10-37-25(23(18)38-24(22)26(27,28)29)8-9-33(20(12-25)19-14-32(2)31-30-19)13-16-5-6-17(35-3)11-21(16)36-4/h5-6,11,14-15,20,34H,7-10,12-13H2,1-4H3/t15?,20?,25-/m0/s1. The maximum absolute atomic E-state index is 14.0. The van der Waals surface area contributed by atoms with Gasteiger partial charge in [-0.25, -0.2) is 0 Å². The number of alkyl halides is 3. The second-order valence-corrected chi connectivity index (χ2v) is 10.9. The van der Waals surface area contributed by atoms with Crippen LogP contribution in [0.4, 0.5) is 13.2 Å². The number of hydrogen-bond acceptors (Lipinski definition) is 8. The zero-order chi connectivity index (χ0) is 27.2. The number of rotatable bonds is 6. The van der Waals surface area contributed by atoms with Crippen molar-refractivity contribution >= 4 is 11.3 Å². The highest BCUT2D eigenvalue weighted by Gasteiger charge is 2.50. The van der Waals surface area contributed by atoms with Gasteiger partial charge < -0.3 is 19.3 Å². The van der Waals surface area contributed by atoms with Crippen molar-refractivity contribution in [3.8, 4) is 11.5 Å². The van der Waals surface area contributed by atoms with Crippen molar-refractivity contribution in [2.75, 3.05) is 27.4 Å². The fraction of sp³-hybridized carbons (Fsp3) is 0.538. The van der Waals surface area contributed by atoms with Crippen LogP contribution < -0.4 is 9.47 Å². The van der Waals surface area contributed by atoms with Gasteiger partial charge in [0.2, 0.25) is 0 Å². The van der Waals surface area contributed by atoms with Gasteiger partial charge in [0, 0.05) is 54.8 Å². The van der Waals surface area contributed by atoms with Gasteiger partial charge >= 0.3 is 6.18 Å². The number of aliphatic hydroxyl groups excluding tert-OH is 1. The smallest absolute Gasteiger partial charge is 0.425 e. The summed E-state index contributed by atoms with van der Waals surface area (Å²) >= 11 is 0.717. The Kier molecular flexibility index (Phi) is 7.18. The van der Waals surface area contributed by atoms with E-state index in [4.69, 9.17) is 14.2 Å². The summed E-state index contributed by atoms with van der Waals surface area (Å²) < 4.78 is 61.0. The second kappa shape index (κ2) is 10.1. The molecule has 1 fully saturated rings. The summed E-state index contributed by atoms with van der Waals surface area (Å²) in [6, 6.07) is 5.39. The van der Waals surface area contributed by atoms with Crippen LogP contribution in [0.25, 0.3) is 0 Å². The number of aromatic nitrogens is 3. The third-order valence-electron chi connectivity index (χ3n) is 7.46. The molecule has 0 amide bonds. The molecule has 0 saturated carbocycles. The molecule has 3 aromatic rings. The highest BCUT2D eigenvalue weighted by Crippen LogP contribution is 2.54. The molecule has 1 saturated heterocycles. The summed E-state index contributed by atoms with van der Waals surface area (Å²) in [5.41, 5.74) is 1.33. The molecule has 206 valence electrons. The van der Waals surface area contributed by atoms with Crippen molar-refractivity contribution in [1.29, 1.82) is 0 Å². The Morgan fingerprint density at radius 3 is 2.71 bits per heavy atom. The molecule has 1 aromatic carbocycles. The third-order valence-corrected chi connectivity index (χ3v) is 8.94. The molecule has 0 radical (unpaired) electrons. The minimum Gasteiger partial charge on any atom is -0.497 e. The Morgan fingerprint density at radius 2 is 2.08 bits per heavy atom. The van der Waals surface area contributed by atoms with E-state index in [1.54, 1.807) is 25.9 Å². The Hall–Kier alpha value is -2.67. The average molecular weight is 553 g/mol. The number of benzene rings is 1. The van der Waals surface area contributed by atoms with Gasteiger partial charge in [0.25, 0.3) is 0 Å². The van der Waals surface area contributed by atoms with E-state index in [1.807, 2.05) is 24.4 Å². The lowest BCUT2D eigenvalue weighted by molar-refractivity contribution is -0.135. The van der Waals surface area contributed by atoms with Crippen molar-refractivity contribution in [2.45, 2.75) is 56.7 Å². The number of aryl methyl sites for hydroxylation is 1. The first-order valence-electron chi connectivity index (χ1n) is 12.4. The lowest BCUT2D eigenvalue weighted by Crippen LogP contribution is -2.47. The van der Waals surface area contributed by atoms with Gasteiger partial charge in [0.1, 0.15) is 22.0 Å². The number of ether oxygens (including phenoxy) is 3. The van der Waals surface area contributed by atoms with Crippen LogP contribution >= 0.6 is 11.3 Å². The molecular weight excluding hydrogens is 521 g/mol. The van der Waals surface area contributed by atoms with Gasteiger partial charge in [-0.3, -0.25) is 9.58 Å². The quantitative estimate of drug-likeness (QED) is 0.472. The number of nitrogens with zero attached hydrogens (tertiary/aromatic N) is 4. The van der Waals surface area contributed by atoms with Crippen LogP contribution in [-0.4, -0.2) is 52.4 Å². The normalized spacial score (nSPS) is 22.9. The van der Waals surface area contributed by atoms with Gasteiger partial charge in [0.15, 0.2) is 0 Å². The van der Waals surface area contributed by atoms with Gasteiger partial charge in [-0.15, -0.1) is 16.4 Å². The maximum atomic E-state index is 14.0. The predicted octanol–water partition coefficient (Wildman–Crippen LogP) is 4.77. The van der Waals surface area contributed by atoms with Gasteiger partial charge in [-0.2, -0.15) is 13.2 Å². The van der Waals surface area contributed by atoms with Crippen molar-refractivity contribution in [2.24, 2.45) is 7.05 Å². The maximum Gasteiger partial charge on any atom is 0.425 e. The highest BCUT2D eigenvalue weighted by molar-refractivity contribution is 7.12. The monoisotopic (exact) mass is 552 g/mol. The minimum atomic E-state index is -4.55. The highest BCUT2D eigenvalue weighted by atomic mass is 32.1. The van der Waals surface area contributed by atoms with Gasteiger partial charge in [-0.05, 0) is 31.4 Å². The first-order chi connectivity index (χ1) is 18.1. The van der Waals surface area contributed by atoms with E-state index < -0.39 is 22.8 Å². The molecule has 4 heterocycles. The van der Waals surface area contributed by atoms with Crippen LogP contribution in [0.5, 0.6) is 11.5 Å². The van der Waals surface area contributed by atoms with Crippen LogP contribution in [0.2, 0.25) is 0 Å². The van der Waals surface area contributed by atoms with Crippen LogP contribution in [-0.2, 0) is 36.5 Å². The molecule has 2 aromatic heterocycles. The average Bonchev–Trinajstić information content (AvgIpc) is 3.50. The topological polar surface area (TPSA) is 81.9 Å². The summed E-state index contributed by atoms with van der Waals surface area (Å²) in [6.45, 7) is 2.78.